The van der Waals surface area contributed by atoms with Gasteiger partial charge in [-0.3, -0.25) is 9.36 Å². The third kappa shape index (κ3) is 5.38. The van der Waals surface area contributed by atoms with Crippen LogP contribution in [-0.4, -0.2) is 83.9 Å². The summed E-state index contributed by atoms with van der Waals surface area (Å²) >= 11 is 1.39. The first-order valence-electron chi connectivity index (χ1n) is 11.7. The Hall–Kier alpha value is -3.24. The van der Waals surface area contributed by atoms with E-state index < -0.39 is 0 Å². The van der Waals surface area contributed by atoms with Gasteiger partial charge in [0.2, 0.25) is 11.9 Å². The number of nitrogens with zero attached hydrogens (tertiary/aromatic N) is 5. The Morgan fingerprint density at radius 2 is 1.83 bits per heavy atom. The molecule has 1 saturated heterocycles. The first kappa shape index (κ1) is 23.5. The van der Waals surface area contributed by atoms with Crippen LogP contribution in [0.25, 0.3) is 5.69 Å². The third-order valence-corrected chi connectivity index (χ3v) is 6.91. The van der Waals surface area contributed by atoms with Gasteiger partial charge in [-0.1, -0.05) is 41.6 Å². The number of aromatic nitrogens is 3. The van der Waals surface area contributed by atoms with Crippen molar-refractivity contribution in [2.75, 3.05) is 57.2 Å². The number of carbonyl (C=O) groups is 1. The second kappa shape index (κ2) is 10.6. The zero-order valence-electron chi connectivity index (χ0n) is 19.9. The third-order valence-electron chi connectivity index (χ3n) is 6.00. The normalized spacial score (nSPS) is 17.3. The van der Waals surface area contributed by atoms with Crippen LogP contribution in [0.5, 0.6) is 11.5 Å². The van der Waals surface area contributed by atoms with E-state index in [0.717, 1.165) is 30.5 Å². The Morgan fingerprint density at radius 3 is 2.60 bits per heavy atom. The second-order valence-corrected chi connectivity index (χ2v) is 9.56. The first-order chi connectivity index (χ1) is 17.1. The van der Waals surface area contributed by atoms with Gasteiger partial charge in [-0.25, -0.2) is 0 Å². The van der Waals surface area contributed by atoms with E-state index in [1.807, 2.05) is 28.8 Å². The lowest BCUT2D eigenvalue weighted by atomic mass is 10.2. The number of fused-ring (bicyclic) bond motifs is 1. The van der Waals surface area contributed by atoms with E-state index in [4.69, 9.17) is 14.2 Å². The fourth-order valence-corrected chi connectivity index (χ4v) is 4.93. The highest BCUT2D eigenvalue weighted by atomic mass is 32.2. The molecular formula is C25H29N5O4S. The van der Waals surface area contributed by atoms with Crippen LogP contribution < -0.4 is 14.4 Å². The van der Waals surface area contributed by atoms with Crippen LogP contribution in [0.3, 0.4) is 0 Å². The SMILES string of the molecule is Cc1ccc(-n2c(SCC(=O)N(C)C[C@@H]3COc4ccccc4O3)nnc2N2CCOCC2)cc1. The van der Waals surface area contributed by atoms with Crippen LogP contribution in [0.1, 0.15) is 5.56 Å². The van der Waals surface area contributed by atoms with Crippen molar-refractivity contribution in [1.82, 2.24) is 19.7 Å². The van der Waals surface area contributed by atoms with E-state index in [1.165, 1.54) is 17.3 Å². The molecule has 3 aromatic rings. The van der Waals surface area contributed by atoms with Crippen LogP contribution in [0.2, 0.25) is 0 Å². The number of likely N-dealkylation sites (N-methyl/N-ethyl adjacent to an activating group) is 1. The van der Waals surface area contributed by atoms with Crippen LogP contribution in [-0.2, 0) is 9.53 Å². The van der Waals surface area contributed by atoms with Crippen molar-refractivity contribution in [3.63, 3.8) is 0 Å². The maximum absolute atomic E-state index is 13.0. The minimum atomic E-state index is -0.215. The van der Waals surface area contributed by atoms with Crippen molar-refractivity contribution >= 4 is 23.6 Å². The number of ether oxygens (including phenoxy) is 3. The lowest BCUT2D eigenvalue weighted by Gasteiger charge is -2.29. The highest BCUT2D eigenvalue weighted by Crippen LogP contribution is 2.31. The first-order valence-corrected chi connectivity index (χ1v) is 12.7. The van der Waals surface area contributed by atoms with Crippen molar-refractivity contribution in [3.8, 4) is 17.2 Å². The van der Waals surface area contributed by atoms with Gasteiger partial charge in [-0.05, 0) is 31.2 Å². The molecule has 2 aromatic carbocycles. The predicted octanol–water partition coefficient (Wildman–Crippen LogP) is 2.80. The van der Waals surface area contributed by atoms with Crippen LogP contribution in [0.4, 0.5) is 5.95 Å². The molecule has 0 aliphatic carbocycles. The Morgan fingerprint density at radius 1 is 1.09 bits per heavy atom. The molecule has 3 heterocycles. The number of thioether (sulfide) groups is 1. The summed E-state index contributed by atoms with van der Waals surface area (Å²) < 4.78 is 19.3. The van der Waals surface area contributed by atoms with Crippen molar-refractivity contribution in [3.05, 3.63) is 54.1 Å². The Labute approximate surface area is 209 Å². The second-order valence-electron chi connectivity index (χ2n) is 8.61. The van der Waals surface area contributed by atoms with E-state index in [2.05, 4.69) is 46.3 Å². The highest BCUT2D eigenvalue weighted by Gasteiger charge is 2.25. The van der Waals surface area contributed by atoms with Crippen molar-refractivity contribution in [2.24, 2.45) is 0 Å². The monoisotopic (exact) mass is 495 g/mol. The molecule has 0 radical (unpaired) electrons. The molecule has 0 saturated carbocycles. The largest absolute Gasteiger partial charge is 0.486 e. The Kier molecular flexibility index (Phi) is 7.10. The Balaban J connectivity index is 1.26. The molecule has 0 spiro atoms. The minimum absolute atomic E-state index is 0.0103. The summed E-state index contributed by atoms with van der Waals surface area (Å²) in [6.45, 7) is 5.73. The topological polar surface area (TPSA) is 82.0 Å². The summed E-state index contributed by atoms with van der Waals surface area (Å²) in [5.74, 6) is 2.45. The number of carbonyl (C=O) groups excluding carboxylic acids is 1. The van der Waals surface area contributed by atoms with Crippen molar-refractivity contribution in [1.29, 1.82) is 0 Å². The molecule has 184 valence electrons. The number of rotatable bonds is 7. The molecule has 1 fully saturated rings. The maximum Gasteiger partial charge on any atom is 0.232 e. The van der Waals surface area contributed by atoms with Gasteiger partial charge in [0.25, 0.3) is 0 Å². The number of anilines is 1. The average molecular weight is 496 g/mol. The van der Waals surface area contributed by atoms with Gasteiger partial charge in [0.15, 0.2) is 22.8 Å². The van der Waals surface area contributed by atoms with Gasteiger partial charge >= 0.3 is 0 Å². The predicted molar refractivity (Wildman–Crippen MR) is 134 cm³/mol. The fourth-order valence-electron chi connectivity index (χ4n) is 4.04. The quantitative estimate of drug-likeness (QED) is 0.463. The van der Waals surface area contributed by atoms with E-state index in [-0.39, 0.29) is 17.8 Å². The number of aryl methyl sites for hydroxylation is 1. The van der Waals surface area contributed by atoms with Gasteiger partial charge in [0.05, 0.1) is 31.2 Å². The standard InChI is InChI=1S/C25H29N5O4S/c1-18-7-9-19(10-8-18)30-24(29-11-13-32-14-12-29)26-27-25(30)35-17-23(31)28(2)15-20-16-33-21-5-3-4-6-22(21)34-20/h3-10,20H,11-17H2,1-2H3/t20-/m1/s1. The average Bonchev–Trinajstić information content (AvgIpc) is 3.32. The zero-order valence-corrected chi connectivity index (χ0v) is 20.7. The van der Waals surface area contributed by atoms with Gasteiger partial charge in [0, 0.05) is 20.1 Å². The lowest BCUT2D eigenvalue weighted by Crippen LogP contribution is -2.42. The highest BCUT2D eigenvalue weighted by molar-refractivity contribution is 7.99. The zero-order chi connectivity index (χ0) is 24.2. The van der Waals surface area contributed by atoms with E-state index in [0.29, 0.717) is 37.3 Å². The summed E-state index contributed by atoms with van der Waals surface area (Å²) in [4.78, 5) is 16.8. The molecule has 0 N–H and O–H groups in total. The lowest BCUT2D eigenvalue weighted by molar-refractivity contribution is -0.128. The molecule has 1 aromatic heterocycles. The van der Waals surface area contributed by atoms with Crippen LogP contribution >= 0.6 is 11.8 Å². The van der Waals surface area contributed by atoms with E-state index in [1.54, 1.807) is 11.9 Å². The van der Waals surface area contributed by atoms with E-state index in [9.17, 15) is 4.79 Å². The van der Waals surface area contributed by atoms with Crippen molar-refractivity contribution < 1.29 is 19.0 Å². The molecule has 0 unspecified atom stereocenters. The molecule has 2 aliphatic heterocycles. The van der Waals surface area contributed by atoms with Gasteiger partial charge in [-0.2, -0.15) is 0 Å². The number of morpholine rings is 1. The smallest absolute Gasteiger partial charge is 0.232 e. The number of hydrogen-bond acceptors (Lipinski definition) is 8. The maximum atomic E-state index is 13.0. The number of hydrogen-bond donors (Lipinski definition) is 0. The number of benzene rings is 2. The summed E-state index contributed by atoms with van der Waals surface area (Å²) in [5, 5.41) is 9.60. The summed E-state index contributed by atoms with van der Waals surface area (Å²) in [5.41, 5.74) is 2.15. The van der Waals surface area contributed by atoms with E-state index >= 15 is 0 Å². The summed E-state index contributed by atoms with van der Waals surface area (Å²) in [7, 11) is 1.79. The number of para-hydroxylation sites is 2. The van der Waals surface area contributed by atoms with Crippen LogP contribution in [0.15, 0.2) is 53.7 Å². The van der Waals surface area contributed by atoms with Gasteiger partial charge in [0.1, 0.15) is 6.61 Å². The van der Waals surface area contributed by atoms with Gasteiger partial charge in [-0.15, -0.1) is 10.2 Å². The molecule has 9 nitrogen and oxygen atoms in total. The fraction of sp³-hybridized carbons (Fsp3) is 0.400. The minimum Gasteiger partial charge on any atom is -0.486 e. The van der Waals surface area contributed by atoms with Crippen LogP contribution in [0, 0.1) is 6.92 Å². The molecule has 1 amide bonds. The van der Waals surface area contributed by atoms with Gasteiger partial charge < -0.3 is 24.0 Å². The molecule has 0 bridgehead atoms. The molecule has 1 atom stereocenters. The summed E-state index contributed by atoms with van der Waals surface area (Å²) in [6, 6.07) is 15.8. The number of amides is 1. The Bertz CT molecular complexity index is 1160. The molecule has 10 heteroatoms. The molecular weight excluding hydrogens is 466 g/mol. The molecule has 35 heavy (non-hydrogen) atoms. The summed E-state index contributed by atoms with van der Waals surface area (Å²) in [6.07, 6.45) is -0.215. The molecule has 5 rings (SSSR count). The van der Waals surface area contributed by atoms with Crippen molar-refractivity contribution in [2.45, 2.75) is 18.2 Å². The molecule has 2 aliphatic rings.